The molecule has 2 rings (SSSR count). The summed E-state index contributed by atoms with van der Waals surface area (Å²) in [5.74, 6) is 0.342. The number of rotatable bonds is 11. The number of esters is 1. The Bertz CT molecular complexity index is 758. The number of benzene rings is 1. The molecular formula is C21H28N2O4S. The van der Waals surface area contributed by atoms with Gasteiger partial charge in [-0.25, -0.2) is 9.78 Å². The molecule has 0 spiro atoms. The molecule has 1 atom stereocenters. The fourth-order valence-corrected chi connectivity index (χ4v) is 3.49. The van der Waals surface area contributed by atoms with E-state index in [-0.39, 0.29) is 18.2 Å². The van der Waals surface area contributed by atoms with Crippen LogP contribution < -0.4 is 10.1 Å². The molecule has 0 radical (unpaired) electrons. The second kappa shape index (κ2) is 11.4. The first-order chi connectivity index (χ1) is 13.6. The van der Waals surface area contributed by atoms with E-state index < -0.39 is 5.97 Å². The molecule has 1 aromatic heterocycles. The molecule has 28 heavy (non-hydrogen) atoms. The standard InChI is InChI=1S/C21H28N2O4S/c1-4-6-7-15(5-2)12-22-19(24)13-27-21(25)18-14-28-20(23-18)16-8-10-17(26-3)11-9-16/h8-11,14-15H,4-7,12-13H2,1-3H3,(H,22,24)/t15-/m0/s1. The monoisotopic (exact) mass is 404 g/mol. The lowest BCUT2D eigenvalue weighted by atomic mass is 9.99. The average Bonchev–Trinajstić information content (AvgIpc) is 3.22. The van der Waals surface area contributed by atoms with Crippen molar-refractivity contribution in [1.29, 1.82) is 0 Å². The number of amides is 1. The molecule has 1 amide bonds. The Morgan fingerprint density at radius 2 is 1.96 bits per heavy atom. The zero-order valence-corrected chi connectivity index (χ0v) is 17.5. The number of ether oxygens (including phenoxy) is 2. The summed E-state index contributed by atoms with van der Waals surface area (Å²) in [5.41, 5.74) is 1.10. The molecule has 0 fully saturated rings. The fourth-order valence-electron chi connectivity index (χ4n) is 2.69. The molecule has 7 heteroatoms. The summed E-state index contributed by atoms with van der Waals surface area (Å²) < 4.78 is 10.2. The average molecular weight is 405 g/mol. The third kappa shape index (κ3) is 6.64. The number of unbranched alkanes of at least 4 members (excludes halogenated alkanes) is 1. The number of nitrogens with zero attached hydrogens (tertiary/aromatic N) is 1. The molecule has 1 N–H and O–H groups in total. The van der Waals surface area contributed by atoms with Crippen LogP contribution in [0.15, 0.2) is 29.6 Å². The number of hydrogen-bond acceptors (Lipinski definition) is 6. The molecule has 1 aromatic carbocycles. The number of thiazole rings is 1. The summed E-state index contributed by atoms with van der Waals surface area (Å²) >= 11 is 1.35. The molecule has 2 aromatic rings. The van der Waals surface area contributed by atoms with E-state index in [9.17, 15) is 9.59 Å². The second-order valence-corrected chi connectivity index (χ2v) is 7.42. The number of methoxy groups -OCH3 is 1. The predicted octanol–water partition coefficient (Wildman–Crippen LogP) is 4.31. The van der Waals surface area contributed by atoms with E-state index in [1.807, 2.05) is 24.3 Å². The lowest BCUT2D eigenvalue weighted by molar-refractivity contribution is -0.124. The normalized spacial score (nSPS) is 11.7. The maximum atomic E-state index is 12.2. The van der Waals surface area contributed by atoms with Gasteiger partial charge in [0.15, 0.2) is 12.3 Å². The highest BCUT2D eigenvalue weighted by Gasteiger charge is 2.15. The van der Waals surface area contributed by atoms with Gasteiger partial charge in [-0.3, -0.25) is 4.79 Å². The van der Waals surface area contributed by atoms with Crippen LogP contribution >= 0.6 is 11.3 Å². The minimum absolute atomic E-state index is 0.206. The molecule has 1 heterocycles. The number of carbonyl (C=O) groups excluding carboxylic acids is 2. The van der Waals surface area contributed by atoms with Gasteiger partial charge in [0.05, 0.1) is 7.11 Å². The van der Waals surface area contributed by atoms with Gasteiger partial charge in [-0.2, -0.15) is 0 Å². The summed E-state index contributed by atoms with van der Waals surface area (Å²) in [7, 11) is 1.61. The number of carbonyl (C=O) groups is 2. The van der Waals surface area contributed by atoms with Gasteiger partial charge in [-0.1, -0.05) is 33.1 Å². The Hall–Kier alpha value is -2.41. The van der Waals surface area contributed by atoms with E-state index in [4.69, 9.17) is 9.47 Å². The van der Waals surface area contributed by atoms with Crippen molar-refractivity contribution in [3.8, 4) is 16.3 Å². The molecule has 0 aliphatic heterocycles. The van der Waals surface area contributed by atoms with Crippen LogP contribution in [0.1, 0.15) is 50.0 Å². The van der Waals surface area contributed by atoms with Gasteiger partial charge in [-0.15, -0.1) is 11.3 Å². The third-order valence-electron chi connectivity index (χ3n) is 4.52. The van der Waals surface area contributed by atoms with Crippen LogP contribution in [-0.2, 0) is 9.53 Å². The highest BCUT2D eigenvalue weighted by atomic mass is 32.1. The van der Waals surface area contributed by atoms with Crippen molar-refractivity contribution < 1.29 is 19.1 Å². The molecule has 6 nitrogen and oxygen atoms in total. The molecule has 0 saturated carbocycles. The van der Waals surface area contributed by atoms with Crippen molar-refractivity contribution in [2.45, 2.75) is 39.5 Å². The highest BCUT2D eigenvalue weighted by molar-refractivity contribution is 7.13. The van der Waals surface area contributed by atoms with Gasteiger partial charge in [0, 0.05) is 17.5 Å². The molecule has 0 saturated heterocycles. The molecule has 0 unspecified atom stereocenters. The van der Waals surface area contributed by atoms with Crippen molar-refractivity contribution in [1.82, 2.24) is 10.3 Å². The topological polar surface area (TPSA) is 77.5 Å². The maximum absolute atomic E-state index is 12.2. The lowest BCUT2D eigenvalue weighted by Crippen LogP contribution is -2.32. The zero-order valence-electron chi connectivity index (χ0n) is 16.7. The minimum Gasteiger partial charge on any atom is -0.497 e. The molecule has 0 bridgehead atoms. The van der Waals surface area contributed by atoms with Crippen LogP contribution in [0.25, 0.3) is 10.6 Å². The summed E-state index contributed by atoms with van der Waals surface area (Å²) in [6, 6.07) is 7.43. The SMILES string of the molecule is CCCC[C@H](CC)CNC(=O)COC(=O)c1csc(-c2ccc(OC)cc2)n1. The van der Waals surface area contributed by atoms with Crippen LogP contribution in [0.2, 0.25) is 0 Å². The molecule has 0 aliphatic carbocycles. The first-order valence-electron chi connectivity index (χ1n) is 9.61. The first kappa shape index (κ1) is 21.9. The minimum atomic E-state index is -0.593. The Balaban J connectivity index is 1.81. The smallest absolute Gasteiger partial charge is 0.358 e. The van der Waals surface area contributed by atoms with Crippen molar-refractivity contribution in [3.63, 3.8) is 0 Å². The lowest BCUT2D eigenvalue weighted by Gasteiger charge is -2.15. The fraction of sp³-hybridized carbons (Fsp3) is 0.476. The van der Waals surface area contributed by atoms with E-state index in [2.05, 4.69) is 24.1 Å². The van der Waals surface area contributed by atoms with E-state index in [0.717, 1.165) is 37.0 Å². The Morgan fingerprint density at radius 1 is 1.21 bits per heavy atom. The van der Waals surface area contributed by atoms with Crippen LogP contribution in [-0.4, -0.2) is 37.1 Å². The Labute approximate surface area is 170 Å². The van der Waals surface area contributed by atoms with E-state index >= 15 is 0 Å². The summed E-state index contributed by atoms with van der Waals surface area (Å²) in [6.07, 6.45) is 4.42. The Kier molecular flexibility index (Phi) is 8.94. The van der Waals surface area contributed by atoms with Gasteiger partial charge in [-0.05, 0) is 36.6 Å². The predicted molar refractivity (Wildman–Crippen MR) is 111 cm³/mol. The summed E-state index contributed by atoms with van der Waals surface area (Å²) in [4.78, 5) is 28.4. The number of nitrogens with one attached hydrogen (secondary N) is 1. The van der Waals surface area contributed by atoms with Gasteiger partial charge in [0.25, 0.3) is 5.91 Å². The maximum Gasteiger partial charge on any atom is 0.358 e. The van der Waals surface area contributed by atoms with E-state index in [1.54, 1.807) is 12.5 Å². The van der Waals surface area contributed by atoms with E-state index in [0.29, 0.717) is 17.5 Å². The van der Waals surface area contributed by atoms with Crippen LogP contribution in [0.3, 0.4) is 0 Å². The largest absolute Gasteiger partial charge is 0.497 e. The van der Waals surface area contributed by atoms with Gasteiger partial charge >= 0.3 is 5.97 Å². The van der Waals surface area contributed by atoms with E-state index in [1.165, 1.54) is 11.3 Å². The van der Waals surface area contributed by atoms with Gasteiger partial charge in [0.1, 0.15) is 10.8 Å². The molecule has 0 aliphatic rings. The molecular weight excluding hydrogens is 376 g/mol. The van der Waals surface area contributed by atoms with Crippen molar-refractivity contribution in [2.24, 2.45) is 5.92 Å². The highest BCUT2D eigenvalue weighted by Crippen LogP contribution is 2.25. The van der Waals surface area contributed by atoms with Crippen LogP contribution in [0, 0.1) is 5.92 Å². The van der Waals surface area contributed by atoms with Crippen LogP contribution in [0.4, 0.5) is 0 Å². The first-order valence-corrected chi connectivity index (χ1v) is 10.5. The number of aromatic nitrogens is 1. The second-order valence-electron chi connectivity index (χ2n) is 6.56. The quantitative estimate of drug-likeness (QED) is 0.565. The summed E-state index contributed by atoms with van der Waals surface area (Å²) in [6.45, 7) is 4.60. The van der Waals surface area contributed by atoms with Crippen molar-refractivity contribution in [2.75, 3.05) is 20.3 Å². The van der Waals surface area contributed by atoms with Gasteiger partial charge < -0.3 is 14.8 Å². The summed E-state index contributed by atoms with van der Waals surface area (Å²) in [5, 5.41) is 5.19. The molecule has 152 valence electrons. The zero-order chi connectivity index (χ0) is 20.4. The third-order valence-corrected chi connectivity index (χ3v) is 5.41. The number of hydrogen-bond donors (Lipinski definition) is 1. The Morgan fingerprint density at radius 3 is 2.61 bits per heavy atom. The van der Waals surface area contributed by atoms with Crippen LogP contribution in [0.5, 0.6) is 5.75 Å². The van der Waals surface area contributed by atoms with Crippen molar-refractivity contribution in [3.05, 3.63) is 35.3 Å². The van der Waals surface area contributed by atoms with Gasteiger partial charge in [0.2, 0.25) is 0 Å². The van der Waals surface area contributed by atoms with Crippen molar-refractivity contribution >= 4 is 23.2 Å².